The van der Waals surface area contributed by atoms with Gasteiger partial charge < -0.3 is 10.1 Å². The average Bonchev–Trinajstić information content (AvgIpc) is 3.13. The predicted molar refractivity (Wildman–Crippen MR) is 84.8 cm³/mol. The van der Waals surface area contributed by atoms with Gasteiger partial charge in [-0.2, -0.15) is 4.72 Å². The van der Waals surface area contributed by atoms with Gasteiger partial charge in [0.25, 0.3) is 10.0 Å². The van der Waals surface area contributed by atoms with Gasteiger partial charge >= 0.3 is 5.97 Å². The summed E-state index contributed by atoms with van der Waals surface area (Å²) in [7, 11) is -2.64. The lowest BCUT2D eigenvalue weighted by molar-refractivity contribution is -0.138. The fraction of sp³-hybridized carbons (Fsp3) is 0.214. The zero-order chi connectivity index (χ0) is 17.3. The number of hydrogen-bond donors (Lipinski definition) is 3. The van der Waals surface area contributed by atoms with E-state index in [0.29, 0.717) is 5.56 Å². The quantitative estimate of drug-likeness (QED) is 0.586. The van der Waals surface area contributed by atoms with Crippen molar-refractivity contribution >= 4 is 26.9 Å². The Morgan fingerprint density at radius 1 is 1.42 bits per heavy atom. The normalized spacial score (nSPS) is 13.2. The van der Waals surface area contributed by atoms with Gasteiger partial charge in [0.15, 0.2) is 5.03 Å². The molecule has 2 heterocycles. The number of carboxylic acids is 1. The van der Waals surface area contributed by atoms with E-state index >= 15 is 0 Å². The Morgan fingerprint density at radius 3 is 2.83 bits per heavy atom. The number of rotatable bonds is 6. The molecule has 0 fully saturated rings. The van der Waals surface area contributed by atoms with Crippen LogP contribution in [0, 0.1) is 0 Å². The number of nitrogens with one attached hydrogen (secondary N) is 2. The third kappa shape index (κ3) is 3.01. The molecule has 0 bridgehead atoms. The fourth-order valence-electron chi connectivity index (χ4n) is 2.47. The van der Waals surface area contributed by atoms with Crippen molar-refractivity contribution in [3.63, 3.8) is 0 Å². The van der Waals surface area contributed by atoms with E-state index in [1.807, 2.05) is 24.3 Å². The van der Waals surface area contributed by atoms with E-state index in [2.05, 4.69) is 20.0 Å². The molecule has 0 saturated heterocycles. The largest absolute Gasteiger partial charge is 0.480 e. The second kappa shape index (κ2) is 6.06. The molecule has 0 saturated carbocycles. The lowest BCUT2D eigenvalue weighted by Gasteiger charge is -2.14. The average molecular weight is 349 g/mol. The third-order valence-electron chi connectivity index (χ3n) is 3.64. The minimum atomic E-state index is -4.05. The number of H-pyrrole nitrogens is 1. The Hall–Kier alpha value is -2.72. The molecule has 1 unspecified atom stereocenters. The molecule has 0 aliphatic rings. The van der Waals surface area contributed by atoms with Crippen LogP contribution in [0.4, 0.5) is 0 Å². The Morgan fingerprint density at radius 2 is 2.17 bits per heavy atom. The SMILES string of the molecule is Cn1nncc1S(=O)(=O)NC(Cc1c[nH]c2ccccc12)C(=O)O. The van der Waals surface area contributed by atoms with Gasteiger partial charge in [-0.3, -0.25) is 4.79 Å². The van der Waals surface area contributed by atoms with Crippen molar-refractivity contribution in [3.05, 3.63) is 42.2 Å². The molecule has 0 radical (unpaired) electrons. The summed E-state index contributed by atoms with van der Waals surface area (Å²) < 4.78 is 27.9. The van der Waals surface area contributed by atoms with Gasteiger partial charge in [0, 0.05) is 30.6 Å². The van der Waals surface area contributed by atoms with E-state index in [4.69, 9.17) is 0 Å². The lowest BCUT2D eigenvalue weighted by atomic mass is 10.1. The van der Waals surface area contributed by atoms with Crippen LogP contribution in [0.2, 0.25) is 0 Å². The monoisotopic (exact) mass is 349 g/mol. The molecule has 0 aliphatic carbocycles. The molecule has 3 aromatic rings. The maximum atomic E-state index is 12.3. The Balaban J connectivity index is 1.88. The summed E-state index contributed by atoms with van der Waals surface area (Å²) in [5, 5.41) is 17.1. The summed E-state index contributed by atoms with van der Waals surface area (Å²) in [6.07, 6.45) is 2.75. The van der Waals surface area contributed by atoms with Crippen molar-refractivity contribution in [2.75, 3.05) is 0 Å². The molecule has 126 valence electrons. The second-order valence-corrected chi connectivity index (χ2v) is 6.93. The topological polar surface area (TPSA) is 130 Å². The number of carbonyl (C=O) groups is 1. The number of fused-ring (bicyclic) bond motifs is 1. The summed E-state index contributed by atoms with van der Waals surface area (Å²) in [5.41, 5.74) is 1.57. The molecular formula is C14H15N5O4S. The number of aliphatic carboxylic acids is 1. The van der Waals surface area contributed by atoms with Gasteiger partial charge in [0.05, 0.1) is 6.20 Å². The number of aromatic amines is 1. The molecule has 1 aromatic carbocycles. The summed E-state index contributed by atoms with van der Waals surface area (Å²) in [4.78, 5) is 14.6. The predicted octanol–water partition coefficient (Wildman–Crippen LogP) is 0.271. The summed E-state index contributed by atoms with van der Waals surface area (Å²) >= 11 is 0. The van der Waals surface area contributed by atoms with Crippen molar-refractivity contribution < 1.29 is 18.3 Å². The lowest BCUT2D eigenvalue weighted by Crippen LogP contribution is -2.42. The van der Waals surface area contributed by atoms with Gasteiger partial charge in [0.1, 0.15) is 6.04 Å². The zero-order valence-corrected chi connectivity index (χ0v) is 13.5. The van der Waals surface area contributed by atoms with Crippen molar-refractivity contribution in [1.82, 2.24) is 24.7 Å². The van der Waals surface area contributed by atoms with Crippen LogP contribution >= 0.6 is 0 Å². The number of hydrogen-bond acceptors (Lipinski definition) is 5. The number of nitrogens with zero attached hydrogens (tertiary/aromatic N) is 3. The van der Waals surface area contributed by atoms with Gasteiger partial charge in [-0.05, 0) is 11.6 Å². The minimum absolute atomic E-state index is 0.00383. The van der Waals surface area contributed by atoms with Crippen LogP contribution < -0.4 is 4.72 Å². The summed E-state index contributed by atoms with van der Waals surface area (Å²) in [6, 6.07) is 6.08. The van der Waals surface area contributed by atoms with E-state index < -0.39 is 22.0 Å². The third-order valence-corrected chi connectivity index (χ3v) is 5.16. The molecular weight excluding hydrogens is 334 g/mol. The maximum absolute atomic E-state index is 12.3. The van der Waals surface area contributed by atoms with Crippen LogP contribution in [-0.2, 0) is 28.3 Å². The molecule has 1 atom stereocenters. The van der Waals surface area contributed by atoms with E-state index in [9.17, 15) is 18.3 Å². The highest BCUT2D eigenvalue weighted by Crippen LogP contribution is 2.19. The van der Waals surface area contributed by atoms with Crippen LogP contribution in [0.5, 0.6) is 0 Å². The first kappa shape index (κ1) is 16.1. The van der Waals surface area contributed by atoms with Crippen molar-refractivity contribution in [3.8, 4) is 0 Å². The van der Waals surface area contributed by atoms with Crippen LogP contribution in [0.3, 0.4) is 0 Å². The van der Waals surface area contributed by atoms with Crippen molar-refractivity contribution in [1.29, 1.82) is 0 Å². The molecule has 2 aromatic heterocycles. The smallest absolute Gasteiger partial charge is 0.322 e. The second-order valence-electron chi connectivity index (χ2n) is 5.27. The maximum Gasteiger partial charge on any atom is 0.322 e. The molecule has 3 N–H and O–H groups in total. The van der Waals surface area contributed by atoms with E-state index in [1.54, 1.807) is 6.20 Å². The number of aryl methyl sites for hydroxylation is 1. The van der Waals surface area contributed by atoms with E-state index in [1.165, 1.54) is 7.05 Å². The number of benzene rings is 1. The number of sulfonamides is 1. The minimum Gasteiger partial charge on any atom is -0.480 e. The first-order valence-corrected chi connectivity index (χ1v) is 8.51. The number of aromatic nitrogens is 4. The molecule has 10 heteroatoms. The zero-order valence-electron chi connectivity index (χ0n) is 12.7. The summed E-state index contributed by atoms with van der Waals surface area (Å²) in [6.45, 7) is 0. The standard InChI is InChI=1S/C14H15N5O4S/c1-19-13(8-16-18-19)24(22,23)17-12(14(20)21)6-9-7-15-11-5-3-2-4-10(9)11/h2-5,7-8,12,15,17H,6H2,1H3,(H,20,21). The van der Waals surface area contributed by atoms with Crippen LogP contribution in [0.1, 0.15) is 5.56 Å². The number of para-hydroxylation sites is 1. The first-order chi connectivity index (χ1) is 11.4. The van der Waals surface area contributed by atoms with Crippen molar-refractivity contribution in [2.24, 2.45) is 7.05 Å². The van der Waals surface area contributed by atoms with Gasteiger partial charge in [0.2, 0.25) is 0 Å². The van der Waals surface area contributed by atoms with Crippen LogP contribution in [0.25, 0.3) is 10.9 Å². The number of carboxylic acid groups (broad SMARTS) is 1. The van der Waals surface area contributed by atoms with Gasteiger partial charge in [-0.1, -0.05) is 23.4 Å². The Kier molecular flexibility index (Phi) is 4.08. The Bertz CT molecular complexity index is 991. The van der Waals surface area contributed by atoms with Crippen LogP contribution in [-0.4, -0.2) is 45.5 Å². The molecule has 0 amide bonds. The molecule has 0 spiro atoms. The highest BCUT2D eigenvalue weighted by molar-refractivity contribution is 7.89. The Labute approximate surface area is 137 Å². The van der Waals surface area contributed by atoms with Crippen LogP contribution in [0.15, 0.2) is 41.7 Å². The first-order valence-electron chi connectivity index (χ1n) is 7.03. The van der Waals surface area contributed by atoms with Gasteiger partial charge in [-0.15, -0.1) is 5.10 Å². The summed E-state index contributed by atoms with van der Waals surface area (Å²) in [5.74, 6) is -1.26. The van der Waals surface area contributed by atoms with Crippen molar-refractivity contribution in [2.45, 2.75) is 17.5 Å². The molecule has 9 nitrogen and oxygen atoms in total. The van der Waals surface area contributed by atoms with Gasteiger partial charge in [-0.25, -0.2) is 13.1 Å². The molecule has 3 rings (SSSR count). The molecule has 24 heavy (non-hydrogen) atoms. The van der Waals surface area contributed by atoms with E-state index in [0.717, 1.165) is 21.8 Å². The highest BCUT2D eigenvalue weighted by atomic mass is 32.2. The highest BCUT2D eigenvalue weighted by Gasteiger charge is 2.28. The molecule has 0 aliphatic heterocycles. The van der Waals surface area contributed by atoms with E-state index in [-0.39, 0.29) is 11.4 Å². The fourth-order valence-corrected chi connectivity index (χ4v) is 3.72.